The van der Waals surface area contributed by atoms with Crippen molar-refractivity contribution in [2.75, 3.05) is 5.32 Å². The number of phenols is 1. The van der Waals surface area contributed by atoms with Gasteiger partial charge in [-0.05, 0) is 37.6 Å². The molecular weight excluding hydrogens is 364 g/mol. The average molecular weight is 380 g/mol. The zero-order chi connectivity index (χ0) is 19.1. The van der Waals surface area contributed by atoms with Crippen LogP contribution in [0.1, 0.15) is 21.6 Å². The van der Waals surface area contributed by atoms with Gasteiger partial charge in [0.15, 0.2) is 5.13 Å². The topological polar surface area (TPSA) is 99.8 Å². The Morgan fingerprint density at radius 3 is 2.78 bits per heavy atom. The van der Waals surface area contributed by atoms with E-state index in [1.54, 1.807) is 6.07 Å². The lowest BCUT2D eigenvalue weighted by Gasteiger charge is -2.05. The molecule has 27 heavy (non-hydrogen) atoms. The maximum absolute atomic E-state index is 11.0. The molecule has 3 N–H and O–H groups in total. The van der Waals surface area contributed by atoms with Crippen LogP contribution in [0.3, 0.4) is 0 Å². The standard InChI is InChI=1S/C19H16N4O3S/c1-10-4-3-7-23-16(11(2)20-17(10)23)14-9-27-19(22-14)21-12-5-6-13(18(25)26)15(24)8-12/h3-9,24H,1-2H3,(H,21,22)(H,25,26). The van der Waals surface area contributed by atoms with Crippen LogP contribution in [-0.4, -0.2) is 30.6 Å². The van der Waals surface area contributed by atoms with E-state index in [4.69, 9.17) is 5.11 Å². The van der Waals surface area contributed by atoms with E-state index in [0.717, 1.165) is 28.3 Å². The van der Waals surface area contributed by atoms with Gasteiger partial charge in [-0.1, -0.05) is 6.07 Å². The molecule has 0 aliphatic rings. The minimum atomic E-state index is -1.17. The van der Waals surface area contributed by atoms with E-state index in [0.29, 0.717) is 10.8 Å². The minimum Gasteiger partial charge on any atom is -0.507 e. The SMILES string of the molecule is Cc1nc2c(C)cccn2c1-c1csc(Nc2ccc(C(=O)O)c(O)c2)n1. The molecule has 8 heteroatoms. The molecule has 0 radical (unpaired) electrons. The Hall–Kier alpha value is -3.39. The first-order valence-electron chi connectivity index (χ1n) is 8.17. The number of rotatable bonds is 4. The molecule has 3 heterocycles. The molecule has 0 atom stereocenters. The van der Waals surface area contributed by atoms with Crippen LogP contribution in [0.15, 0.2) is 41.9 Å². The van der Waals surface area contributed by atoms with Crippen molar-refractivity contribution in [3.05, 3.63) is 58.7 Å². The van der Waals surface area contributed by atoms with Crippen LogP contribution in [0.5, 0.6) is 5.75 Å². The van der Waals surface area contributed by atoms with Crippen molar-refractivity contribution < 1.29 is 15.0 Å². The molecule has 0 saturated heterocycles. The maximum Gasteiger partial charge on any atom is 0.339 e. The first-order chi connectivity index (χ1) is 12.9. The Kier molecular flexibility index (Phi) is 4.04. The van der Waals surface area contributed by atoms with Crippen LogP contribution in [0.4, 0.5) is 10.8 Å². The zero-order valence-corrected chi connectivity index (χ0v) is 15.4. The fourth-order valence-electron chi connectivity index (χ4n) is 2.98. The number of carboxylic acid groups (broad SMARTS) is 1. The van der Waals surface area contributed by atoms with E-state index in [1.807, 2.05) is 42.0 Å². The molecule has 0 aliphatic heterocycles. The number of aromatic nitrogens is 3. The highest BCUT2D eigenvalue weighted by Gasteiger charge is 2.16. The first-order valence-corrected chi connectivity index (χ1v) is 9.05. The van der Waals surface area contributed by atoms with Gasteiger partial charge in [0.05, 0.1) is 11.4 Å². The second-order valence-electron chi connectivity index (χ2n) is 6.13. The fraction of sp³-hybridized carbons (Fsp3) is 0.105. The smallest absolute Gasteiger partial charge is 0.339 e. The normalized spacial score (nSPS) is 11.0. The van der Waals surface area contributed by atoms with E-state index in [9.17, 15) is 9.90 Å². The van der Waals surface area contributed by atoms with Crippen molar-refractivity contribution in [1.82, 2.24) is 14.4 Å². The molecule has 0 unspecified atom stereocenters. The van der Waals surface area contributed by atoms with Gasteiger partial charge in [-0.3, -0.25) is 4.40 Å². The van der Waals surface area contributed by atoms with Gasteiger partial charge in [0.1, 0.15) is 22.7 Å². The van der Waals surface area contributed by atoms with Crippen LogP contribution in [0.2, 0.25) is 0 Å². The number of carboxylic acids is 1. The molecule has 7 nitrogen and oxygen atoms in total. The van der Waals surface area contributed by atoms with E-state index < -0.39 is 5.97 Å². The summed E-state index contributed by atoms with van der Waals surface area (Å²) in [6.45, 7) is 3.98. The average Bonchev–Trinajstić information content (AvgIpc) is 3.19. The molecule has 3 aromatic heterocycles. The van der Waals surface area contributed by atoms with E-state index in [2.05, 4.69) is 15.3 Å². The molecular formula is C19H16N4O3S. The summed E-state index contributed by atoms with van der Waals surface area (Å²) in [4.78, 5) is 20.3. The van der Waals surface area contributed by atoms with Gasteiger partial charge in [-0.15, -0.1) is 11.3 Å². The van der Waals surface area contributed by atoms with Gasteiger partial charge >= 0.3 is 5.97 Å². The monoisotopic (exact) mass is 380 g/mol. The largest absolute Gasteiger partial charge is 0.507 e. The number of nitrogens with zero attached hydrogens (tertiary/aromatic N) is 3. The Morgan fingerprint density at radius 1 is 1.22 bits per heavy atom. The lowest BCUT2D eigenvalue weighted by atomic mass is 10.2. The maximum atomic E-state index is 11.0. The van der Waals surface area contributed by atoms with Gasteiger partial charge in [0.25, 0.3) is 0 Å². The van der Waals surface area contributed by atoms with Crippen LogP contribution in [0, 0.1) is 13.8 Å². The molecule has 0 fully saturated rings. The Bertz CT molecular complexity index is 1180. The number of carbonyl (C=O) groups is 1. The van der Waals surface area contributed by atoms with Crippen LogP contribution in [-0.2, 0) is 0 Å². The van der Waals surface area contributed by atoms with Crippen molar-refractivity contribution in [3.63, 3.8) is 0 Å². The number of aryl methyl sites for hydroxylation is 2. The number of benzene rings is 1. The summed E-state index contributed by atoms with van der Waals surface area (Å²) in [6.07, 6.45) is 1.97. The van der Waals surface area contributed by atoms with Gasteiger partial charge in [0.2, 0.25) is 0 Å². The number of nitrogens with one attached hydrogen (secondary N) is 1. The molecule has 0 bridgehead atoms. The highest BCUT2D eigenvalue weighted by atomic mass is 32.1. The number of anilines is 2. The lowest BCUT2D eigenvalue weighted by Crippen LogP contribution is -1.98. The van der Waals surface area contributed by atoms with Crippen molar-refractivity contribution in [2.24, 2.45) is 0 Å². The molecule has 4 rings (SSSR count). The quantitative estimate of drug-likeness (QED) is 0.490. The molecule has 0 aliphatic carbocycles. The van der Waals surface area contributed by atoms with Crippen molar-refractivity contribution in [1.29, 1.82) is 0 Å². The van der Waals surface area contributed by atoms with Crippen LogP contribution in [0.25, 0.3) is 17.0 Å². The fourth-order valence-corrected chi connectivity index (χ4v) is 3.69. The molecule has 0 saturated carbocycles. The van der Waals surface area contributed by atoms with E-state index >= 15 is 0 Å². The van der Waals surface area contributed by atoms with Gasteiger partial charge in [-0.2, -0.15) is 0 Å². The van der Waals surface area contributed by atoms with E-state index in [1.165, 1.54) is 23.5 Å². The Morgan fingerprint density at radius 2 is 2.04 bits per heavy atom. The van der Waals surface area contributed by atoms with Gasteiger partial charge in [-0.25, -0.2) is 14.8 Å². The van der Waals surface area contributed by atoms with Crippen molar-refractivity contribution >= 4 is 33.8 Å². The van der Waals surface area contributed by atoms with E-state index in [-0.39, 0.29) is 11.3 Å². The molecule has 4 aromatic rings. The third kappa shape index (κ3) is 3.00. The predicted octanol–water partition coefficient (Wildman–Crippen LogP) is 4.22. The summed E-state index contributed by atoms with van der Waals surface area (Å²) in [5.41, 5.74) is 5.04. The molecule has 136 valence electrons. The third-order valence-electron chi connectivity index (χ3n) is 4.25. The van der Waals surface area contributed by atoms with Crippen LogP contribution >= 0.6 is 11.3 Å². The highest BCUT2D eigenvalue weighted by Crippen LogP contribution is 2.31. The lowest BCUT2D eigenvalue weighted by molar-refractivity contribution is 0.0694. The number of pyridine rings is 1. The number of hydrogen-bond acceptors (Lipinski definition) is 6. The third-order valence-corrected chi connectivity index (χ3v) is 5.00. The summed E-state index contributed by atoms with van der Waals surface area (Å²) < 4.78 is 2.02. The second-order valence-corrected chi connectivity index (χ2v) is 6.99. The highest BCUT2D eigenvalue weighted by molar-refractivity contribution is 7.14. The second kappa shape index (κ2) is 6.40. The molecule has 0 amide bonds. The summed E-state index contributed by atoms with van der Waals surface area (Å²) >= 11 is 1.42. The number of fused-ring (bicyclic) bond motifs is 1. The molecule has 1 aromatic carbocycles. The summed E-state index contributed by atoms with van der Waals surface area (Å²) in [7, 11) is 0. The number of thiazole rings is 1. The summed E-state index contributed by atoms with van der Waals surface area (Å²) in [6, 6.07) is 8.31. The van der Waals surface area contributed by atoms with Crippen LogP contribution < -0.4 is 5.32 Å². The number of imidazole rings is 1. The predicted molar refractivity (Wildman–Crippen MR) is 104 cm³/mol. The van der Waals surface area contributed by atoms with Crippen molar-refractivity contribution in [2.45, 2.75) is 13.8 Å². The minimum absolute atomic E-state index is 0.142. The molecule has 0 spiro atoms. The number of hydrogen-bond donors (Lipinski definition) is 3. The zero-order valence-electron chi connectivity index (χ0n) is 14.6. The number of aromatic hydroxyl groups is 1. The van der Waals surface area contributed by atoms with Gasteiger partial charge in [0, 0.05) is 23.3 Å². The number of aromatic carboxylic acids is 1. The summed E-state index contributed by atoms with van der Waals surface area (Å²) in [5.74, 6) is -1.47. The summed E-state index contributed by atoms with van der Waals surface area (Å²) in [5, 5.41) is 24.5. The first kappa shape index (κ1) is 17.0. The Balaban J connectivity index is 1.67. The Labute approximate surface area is 158 Å². The van der Waals surface area contributed by atoms with Crippen molar-refractivity contribution in [3.8, 4) is 17.1 Å². The van der Waals surface area contributed by atoms with Gasteiger partial charge < -0.3 is 15.5 Å².